The second-order valence-corrected chi connectivity index (χ2v) is 8.07. The van der Waals surface area contributed by atoms with Crippen LogP contribution in [0.3, 0.4) is 0 Å². The van der Waals surface area contributed by atoms with Crippen molar-refractivity contribution < 1.29 is 14.6 Å². The summed E-state index contributed by atoms with van der Waals surface area (Å²) in [5.74, 6) is 1.15. The van der Waals surface area contributed by atoms with Gasteiger partial charge in [0.25, 0.3) is 5.91 Å². The Balaban J connectivity index is 1.34. The van der Waals surface area contributed by atoms with Gasteiger partial charge >= 0.3 is 0 Å². The van der Waals surface area contributed by atoms with Crippen molar-refractivity contribution in [2.45, 2.75) is 38.8 Å². The van der Waals surface area contributed by atoms with Crippen LogP contribution in [0.1, 0.15) is 41.7 Å². The number of nitrogens with zero attached hydrogens (tertiary/aromatic N) is 5. The topological polar surface area (TPSA) is 83.7 Å². The van der Waals surface area contributed by atoms with Crippen LogP contribution in [-0.4, -0.2) is 69.1 Å². The summed E-state index contributed by atoms with van der Waals surface area (Å²) < 4.78 is 7.04. The molecule has 8 nitrogen and oxygen atoms in total. The first kappa shape index (κ1) is 19.7. The minimum Gasteiger partial charge on any atom is -0.504 e. The highest BCUT2D eigenvalue weighted by atomic mass is 16.5. The van der Waals surface area contributed by atoms with Gasteiger partial charge in [0.15, 0.2) is 17.2 Å². The number of hydrogen-bond acceptors (Lipinski definition) is 6. The lowest BCUT2D eigenvalue weighted by Crippen LogP contribution is -2.36. The van der Waals surface area contributed by atoms with Crippen LogP contribution in [0.25, 0.3) is 0 Å². The normalized spacial score (nSPS) is 20.2. The van der Waals surface area contributed by atoms with Gasteiger partial charge in [-0.15, -0.1) is 5.10 Å². The van der Waals surface area contributed by atoms with Crippen LogP contribution in [0.2, 0.25) is 0 Å². The Bertz CT molecular complexity index is 847. The third-order valence-electron chi connectivity index (χ3n) is 5.85. The number of phenolic OH excluding ortho intramolecular Hbond substituents is 1. The molecular formula is C21H29N5O3. The van der Waals surface area contributed by atoms with Crippen molar-refractivity contribution in [3.8, 4) is 11.5 Å². The number of aromatic hydroxyl groups is 1. The molecular weight excluding hydrogens is 370 g/mol. The Morgan fingerprint density at radius 2 is 2.07 bits per heavy atom. The van der Waals surface area contributed by atoms with E-state index in [0.29, 0.717) is 17.4 Å². The van der Waals surface area contributed by atoms with Gasteiger partial charge < -0.3 is 14.7 Å². The smallest absolute Gasteiger partial charge is 0.276 e. The van der Waals surface area contributed by atoms with Crippen LogP contribution in [-0.2, 0) is 13.1 Å². The third-order valence-corrected chi connectivity index (χ3v) is 5.85. The molecule has 1 unspecified atom stereocenters. The Hall–Kier alpha value is -2.61. The van der Waals surface area contributed by atoms with Gasteiger partial charge in [0.05, 0.1) is 13.3 Å². The number of benzene rings is 1. The Morgan fingerprint density at radius 1 is 1.24 bits per heavy atom. The van der Waals surface area contributed by atoms with Gasteiger partial charge in [0.2, 0.25) is 0 Å². The molecule has 1 aromatic carbocycles. The van der Waals surface area contributed by atoms with Gasteiger partial charge in [0, 0.05) is 32.7 Å². The van der Waals surface area contributed by atoms with Gasteiger partial charge in [-0.2, -0.15) is 0 Å². The third kappa shape index (κ3) is 4.70. The number of carbonyl (C=O) groups is 1. The summed E-state index contributed by atoms with van der Waals surface area (Å²) in [6.07, 6.45) is 6.22. The predicted molar refractivity (Wildman–Crippen MR) is 108 cm³/mol. The molecule has 29 heavy (non-hydrogen) atoms. The zero-order chi connectivity index (χ0) is 20.2. The van der Waals surface area contributed by atoms with E-state index in [9.17, 15) is 9.90 Å². The maximum atomic E-state index is 12.5. The first-order chi connectivity index (χ1) is 14.1. The van der Waals surface area contributed by atoms with E-state index >= 15 is 0 Å². The number of methoxy groups -OCH3 is 1. The number of phenols is 1. The van der Waals surface area contributed by atoms with Gasteiger partial charge in [0.1, 0.15) is 0 Å². The summed E-state index contributed by atoms with van der Waals surface area (Å²) >= 11 is 0. The average Bonchev–Trinajstić information content (AvgIpc) is 3.41. The highest BCUT2D eigenvalue weighted by Gasteiger charge is 2.24. The molecule has 1 amide bonds. The van der Waals surface area contributed by atoms with Crippen molar-refractivity contribution in [2.24, 2.45) is 5.92 Å². The maximum absolute atomic E-state index is 12.5. The summed E-state index contributed by atoms with van der Waals surface area (Å²) in [5, 5.41) is 18.1. The van der Waals surface area contributed by atoms with E-state index in [1.807, 2.05) is 21.7 Å². The van der Waals surface area contributed by atoms with E-state index in [1.54, 1.807) is 19.4 Å². The molecule has 0 saturated carbocycles. The number of likely N-dealkylation sites (tertiary alicyclic amines) is 2. The van der Waals surface area contributed by atoms with Crippen molar-refractivity contribution in [1.82, 2.24) is 24.8 Å². The average molecular weight is 399 g/mol. The molecule has 0 bridgehead atoms. The molecule has 2 aliphatic heterocycles. The fraction of sp³-hybridized carbons (Fsp3) is 0.571. The molecule has 1 atom stereocenters. The highest BCUT2D eigenvalue weighted by Crippen LogP contribution is 2.28. The fourth-order valence-corrected chi connectivity index (χ4v) is 4.35. The van der Waals surface area contributed by atoms with Crippen molar-refractivity contribution in [1.29, 1.82) is 0 Å². The molecule has 8 heteroatoms. The van der Waals surface area contributed by atoms with Crippen molar-refractivity contribution in [2.75, 3.05) is 33.3 Å². The number of hydrogen-bond donors (Lipinski definition) is 1. The van der Waals surface area contributed by atoms with Crippen LogP contribution >= 0.6 is 0 Å². The summed E-state index contributed by atoms with van der Waals surface area (Å²) in [6.45, 7) is 5.27. The van der Waals surface area contributed by atoms with Gasteiger partial charge in [-0.05, 0) is 55.8 Å². The zero-order valence-electron chi connectivity index (χ0n) is 17.0. The minimum atomic E-state index is 0.000276. The van der Waals surface area contributed by atoms with Crippen molar-refractivity contribution in [3.05, 3.63) is 35.7 Å². The fourth-order valence-electron chi connectivity index (χ4n) is 4.35. The molecule has 2 fully saturated rings. The molecule has 3 heterocycles. The lowest BCUT2D eigenvalue weighted by molar-refractivity contribution is 0.0787. The van der Waals surface area contributed by atoms with Crippen LogP contribution in [0.15, 0.2) is 24.4 Å². The molecule has 1 aromatic heterocycles. The predicted octanol–water partition coefficient (Wildman–Crippen LogP) is 2.14. The van der Waals surface area contributed by atoms with Crippen LogP contribution in [0.4, 0.5) is 0 Å². The Labute approximate surface area is 171 Å². The largest absolute Gasteiger partial charge is 0.504 e. The first-order valence-corrected chi connectivity index (χ1v) is 10.4. The zero-order valence-corrected chi connectivity index (χ0v) is 17.0. The lowest BCUT2D eigenvalue weighted by Gasteiger charge is -2.32. The number of amides is 1. The Morgan fingerprint density at radius 3 is 2.86 bits per heavy atom. The quantitative estimate of drug-likeness (QED) is 0.801. The van der Waals surface area contributed by atoms with Crippen LogP contribution in [0.5, 0.6) is 11.5 Å². The number of aromatic nitrogens is 3. The monoisotopic (exact) mass is 399 g/mol. The second-order valence-electron chi connectivity index (χ2n) is 8.07. The van der Waals surface area contributed by atoms with Crippen LogP contribution in [0, 0.1) is 5.92 Å². The lowest BCUT2D eigenvalue weighted by atomic mass is 9.97. The van der Waals surface area contributed by atoms with Crippen molar-refractivity contribution >= 4 is 5.91 Å². The molecule has 156 valence electrons. The molecule has 2 aliphatic rings. The van der Waals surface area contributed by atoms with E-state index in [4.69, 9.17) is 4.74 Å². The molecule has 0 spiro atoms. The number of piperidine rings is 1. The minimum absolute atomic E-state index is 0.000276. The summed E-state index contributed by atoms with van der Waals surface area (Å²) in [4.78, 5) is 16.7. The molecule has 1 N–H and O–H groups in total. The molecule has 4 rings (SSSR count). The van der Waals surface area contributed by atoms with E-state index < -0.39 is 0 Å². The first-order valence-electron chi connectivity index (χ1n) is 10.4. The Kier molecular flexibility index (Phi) is 5.99. The van der Waals surface area contributed by atoms with Crippen molar-refractivity contribution in [3.63, 3.8) is 0 Å². The molecule has 0 radical (unpaired) electrons. The summed E-state index contributed by atoms with van der Waals surface area (Å²) in [7, 11) is 1.57. The summed E-state index contributed by atoms with van der Waals surface area (Å²) in [5.41, 5.74) is 1.58. The number of carbonyl (C=O) groups excluding carboxylic acids is 1. The molecule has 0 aliphatic carbocycles. The standard InChI is InChI=1S/C21H29N5O3/c1-29-20-11-16(6-7-19(20)27)12-24-8-4-5-17(13-24)14-26-15-18(22-23-26)21(28)25-9-2-3-10-25/h6-7,11,15,17,27H,2-5,8-10,12-14H2,1H3. The maximum Gasteiger partial charge on any atom is 0.276 e. The highest BCUT2D eigenvalue weighted by molar-refractivity contribution is 5.92. The molecule has 2 aromatic rings. The van der Waals surface area contributed by atoms with Crippen LogP contribution < -0.4 is 4.74 Å². The van der Waals surface area contributed by atoms with E-state index in [1.165, 1.54) is 0 Å². The second kappa shape index (κ2) is 8.82. The van der Waals surface area contributed by atoms with Gasteiger partial charge in [-0.1, -0.05) is 11.3 Å². The molecule has 2 saturated heterocycles. The van der Waals surface area contributed by atoms with E-state index in [0.717, 1.165) is 70.5 Å². The van der Waals surface area contributed by atoms with E-state index in [2.05, 4.69) is 15.2 Å². The number of rotatable bonds is 6. The number of ether oxygens (including phenoxy) is 1. The van der Waals surface area contributed by atoms with E-state index in [-0.39, 0.29) is 11.7 Å². The summed E-state index contributed by atoms with van der Waals surface area (Å²) in [6, 6.07) is 5.52. The SMILES string of the molecule is COc1cc(CN2CCCC(Cn3cc(C(=O)N4CCCC4)nn3)C2)ccc1O. The van der Waals surface area contributed by atoms with Gasteiger partial charge in [-0.3, -0.25) is 14.4 Å². The van der Waals surface area contributed by atoms with Gasteiger partial charge in [-0.25, -0.2) is 0 Å².